The first-order valence-electron chi connectivity index (χ1n) is 7.32. The van der Waals surface area contributed by atoms with E-state index in [1.165, 1.54) is 0 Å². The standard InChI is InChI=1S/C15H20N4O2/c16-10-3-6-13-12(8-10)18-14(9-20)19(13)7-1-2-15(21)17-11-4-5-11/h3,6,8,11,20H,1-2,4-5,7,9,16H2,(H,17,21). The number of imidazole rings is 1. The van der Waals surface area contributed by atoms with Crippen LogP contribution >= 0.6 is 0 Å². The molecule has 0 radical (unpaired) electrons. The predicted molar refractivity (Wildman–Crippen MR) is 80.5 cm³/mol. The zero-order chi connectivity index (χ0) is 14.8. The topological polar surface area (TPSA) is 93.2 Å². The lowest BCUT2D eigenvalue weighted by atomic mass is 10.2. The molecule has 0 bridgehead atoms. The van der Waals surface area contributed by atoms with Crippen molar-refractivity contribution in [2.45, 2.75) is 44.9 Å². The first kappa shape index (κ1) is 13.9. The number of carbonyl (C=O) groups is 1. The van der Waals surface area contributed by atoms with Crippen LogP contribution in [0.15, 0.2) is 18.2 Å². The normalized spacial score (nSPS) is 14.5. The molecule has 1 aromatic carbocycles. The fourth-order valence-corrected chi connectivity index (χ4v) is 2.49. The van der Waals surface area contributed by atoms with E-state index in [2.05, 4.69) is 10.3 Å². The maximum absolute atomic E-state index is 11.7. The van der Waals surface area contributed by atoms with Crippen LogP contribution in [-0.2, 0) is 17.9 Å². The molecule has 3 rings (SSSR count). The summed E-state index contributed by atoms with van der Waals surface area (Å²) in [6.45, 7) is 0.539. The van der Waals surface area contributed by atoms with Crippen LogP contribution in [0.4, 0.5) is 5.69 Å². The Balaban J connectivity index is 1.68. The molecule has 1 saturated carbocycles. The highest BCUT2D eigenvalue weighted by molar-refractivity contribution is 5.80. The van der Waals surface area contributed by atoms with Gasteiger partial charge in [-0.25, -0.2) is 4.98 Å². The molecule has 0 saturated heterocycles. The summed E-state index contributed by atoms with van der Waals surface area (Å²) in [7, 11) is 0. The molecular weight excluding hydrogens is 268 g/mol. The molecule has 1 aromatic heterocycles. The highest BCUT2D eigenvalue weighted by Gasteiger charge is 2.22. The van der Waals surface area contributed by atoms with E-state index >= 15 is 0 Å². The van der Waals surface area contributed by atoms with Gasteiger partial charge in [0.2, 0.25) is 5.91 Å². The maximum Gasteiger partial charge on any atom is 0.220 e. The van der Waals surface area contributed by atoms with Crippen LogP contribution in [0.25, 0.3) is 11.0 Å². The van der Waals surface area contributed by atoms with Crippen molar-refractivity contribution in [2.75, 3.05) is 5.73 Å². The van der Waals surface area contributed by atoms with Gasteiger partial charge in [0.05, 0.1) is 11.0 Å². The van der Waals surface area contributed by atoms with E-state index in [1.807, 2.05) is 16.7 Å². The third kappa shape index (κ3) is 3.16. The van der Waals surface area contributed by atoms with Crippen LogP contribution in [0.2, 0.25) is 0 Å². The number of fused-ring (bicyclic) bond motifs is 1. The van der Waals surface area contributed by atoms with Gasteiger partial charge in [-0.3, -0.25) is 4.79 Å². The average molecular weight is 288 g/mol. The van der Waals surface area contributed by atoms with Crippen LogP contribution in [0.3, 0.4) is 0 Å². The predicted octanol–water partition coefficient (Wildman–Crippen LogP) is 1.17. The highest BCUT2D eigenvalue weighted by Crippen LogP contribution is 2.21. The molecule has 6 heteroatoms. The molecule has 0 aliphatic heterocycles. The second-order valence-corrected chi connectivity index (χ2v) is 5.53. The molecule has 1 heterocycles. The van der Waals surface area contributed by atoms with Gasteiger partial charge in [0.15, 0.2) is 0 Å². The third-order valence-corrected chi connectivity index (χ3v) is 3.72. The zero-order valence-electron chi connectivity index (χ0n) is 11.9. The number of aryl methyl sites for hydroxylation is 1. The zero-order valence-corrected chi connectivity index (χ0v) is 11.9. The summed E-state index contributed by atoms with van der Waals surface area (Å²) in [6, 6.07) is 5.93. The van der Waals surface area contributed by atoms with Crippen molar-refractivity contribution in [1.82, 2.24) is 14.9 Å². The van der Waals surface area contributed by atoms with Crippen molar-refractivity contribution in [3.05, 3.63) is 24.0 Å². The number of nitrogens with one attached hydrogen (secondary N) is 1. The molecule has 4 N–H and O–H groups in total. The van der Waals surface area contributed by atoms with E-state index in [1.54, 1.807) is 6.07 Å². The number of benzene rings is 1. The fraction of sp³-hybridized carbons (Fsp3) is 0.467. The summed E-state index contributed by atoms with van der Waals surface area (Å²) in [5.41, 5.74) is 8.13. The largest absolute Gasteiger partial charge is 0.399 e. The van der Waals surface area contributed by atoms with Gasteiger partial charge in [-0.05, 0) is 37.5 Å². The summed E-state index contributed by atoms with van der Waals surface area (Å²) in [5, 5.41) is 12.4. The Kier molecular flexibility index (Phi) is 3.79. The summed E-state index contributed by atoms with van der Waals surface area (Å²) < 4.78 is 1.96. The van der Waals surface area contributed by atoms with E-state index < -0.39 is 0 Å². The Hall–Kier alpha value is -2.08. The molecule has 2 aromatic rings. The number of rotatable bonds is 6. The number of aliphatic hydroxyl groups is 1. The molecular formula is C15H20N4O2. The van der Waals surface area contributed by atoms with Gasteiger partial charge < -0.3 is 20.7 Å². The summed E-state index contributed by atoms with van der Waals surface area (Å²) >= 11 is 0. The molecule has 0 unspecified atom stereocenters. The smallest absolute Gasteiger partial charge is 0.220 e. The SMILES string of the molecule is Nc1ccc2c(c1)nc(CO)n2CCCC(=O)NC1CC1. The van der Waals surface area contributed by atoms with Crippen molar-refractivity contribution in [3.8, 4) is 0 Å². The maximum atomic E-state index is 11.7. The number of nitrogens with zero attached hydrogens (tertiary/aromatic N) is 2. The molecule has 0 atom stereocenters. The Morgan fingerprint density at radius 1 is 1.48 bits per heavy atom. The lowest BCUT2D eigenvalue weighted by Gasteiger charge is -2.08. The van der Waals surface area contributed by atoms with Crippen molar-refractivity contribution in [1.29, 1.82) is 0 Å². The van der Waals surface area contributed by atoms with Crippen molar-refractivity contribution < 1.29 is 9.90 Å². The second kappa shape index (κ2) is 5.73. The molecule has 21 heavy (non-hydrogen) atoms. The van der Waals surface area contributed by atoms with Gasteiger partial charge in [-0.1, -0.05) is 0 Å². The fourth-order valence-electron chi connectivity index (χ4n) is 2.49. The first-order chi connectivity index (χ1) is 10.2. The molecule has 0 spiro atoms. The molecule has 1 aliphatic carbocycles. The van der Waals surface area contributed by atoms with Crippen LogP contribution in [-0.4, -0.2) is 26.6 Å². The number of carbonyl (C=O) groups excluding carboxylic acids is 1. The highest BCUT2D eigenvalue weighted by atomic mass is 16.3. The Bertz CT molecular complexity index is 661. The Labute approximate surface area is 123 Å². The average Bonchev–Trinajstić information content (AvgIpc) is 3.19. The summed E-state index contributed by atoms with van der Waals surface area (Å²) in [4.78, 5) is 16.1. The van der Waals surface area contributed by atoms with Crippen LogP contribution in [0, 0.1) is 0 Å². The minimum Gasteiger partial charge on any atom is -0.399 e. The Morgan fingerprint density at radius 3 is 3.00 bits per heavy atom. The molecule has 1 fully saturated rings. The molecule has 112 valence electrons. The Morgan fingerprint density at radius 2 is 2.29 bits per heavy atom. The van der Waals surface area contributed by atoms with E-state index in [9.17, 15) is 9.90 Å². The number of amides is 1. The number of hydrogen-bond acceptors (Lipinski definition) is 4. The monoisotopic (exact) mass is 288 g/mol. The molecule has 1 aliphatic rings. The van der Waals surface area contributed by atoms with E-state index in [-0.39, 0.29) is 12.5 Å². The number of nitrogens with two attached hydrogens (primary N) is 1. The van der Waals surface area contributed by atoms with E-state index in [0.717, 1.165) is 30.3 Å². The number of anilines is 1. The summed E-state index contributed by atoms with van der Waals surface area (Å²) in [5.74, 6) is 0.718. The molecule has 6 nitrogen and oxygen atoms in total. The van der Waals surface area contributed by atoms with Crippen molar-refractivity contribution in [2.24, 2.45) is 0 Å². The second-order valence-electron chi connectivity index (χ2n) is 5.53. The van der Waals surface area contributed by atoms with Crippen molar-refractivity contribution >= 4 is 22.6 Å². The molecule has 1 amide bonds. The minimum absolute atomic E-state index is 0.108. The lowest BCUT2D eigenvalue weighted by molar-refractivity contribution is -0.121. The third-order valence-electron chi connectivity index (χ3n) is 3.72. The minimum atomic E-state index is -0.122. The van der Waals surface area contributed by atoms with Crippen LogP contribution in [0.5, 0.6) is 0 Å². The van der Waals surface area contributed by atoms with Crippen molar-refractivity contribution in [3.63, 3.8) is 0 Å². The lowest BCUT2D eigenvalue weighted by Crippen LogP contribution is -2.25. The van der Waals surface area contributed by atoms with E-state index in [0.29, 0.717) is 30.5 Å². The van der Waals surface area contributed by atoms with Gasteiger partial charge in [-0.15, -0.1) is 0 Å². The first-order valence-corrected chi connectivity index (χ1v) is 7.32. The van der Waals surface area contributed by atoms with Gasteiger partial charge in [-0.2, -0.15) is 0 Å². The number of nitrogen functional groups attached to an aromatic ring is 1. The van der Waals surface area contributed by atoms with Gasteiger partial charge in [0.1, 0.15) is 12.4 Å². The van der Waals surface area contributed by atoms with E-state index in [4.69, 9.17) is 5.73 Å². The van der Waals surface area contributed by atoms with Crippen LogP contribution < -0.4 is 11.1 Å². The van der Waals surface area contributed by atoms with Gasteiger partial charge in [0.25, 0.3) is 0 Å². The quantitative estimate of drug-likeness (QED) is 0.696. The van der Waals surface area contributed by atoms with Gasteiger partial charge >= 0.3 is 0 Å². The number of hydrogen-bond donors (Lipinski definition) is 3. The number of aromatic nitrogens is 2. The number of aliphatic hydroxyl groups excluding tert-OH is 1. The van der Waals surface area contributed by atoms with Crippen LogP contribution in [0.1, 0.15) is 31.5 Å². The summed E-state index contributed by atoms with van der Waals surface area (Å²) in [6.07, 6.45) is 3.43. The van der Waals surface area contributed by atoms with Gasteiger partial charge in [0, 0.05) is 24.7 Å².